The van der Waals surface area contributed by atoms with Crippen molar-refractivity contribution < 1.29 is 14.6 Å². The molecule has 5 heteroatoms. The van der Waals surface area contributed by atoms with Crippen molar-refractivity contribution in [2.45, 2.75) is 19.4 Å². The molecular formula is C15H18N2O3. The third kappa shape index (κ3) is 3.98. The smallest absolute Gasteiger partial charge is 0.319 e. The largest absolute Gasteiger partial charge is 0.384 e. The number of carbonyl (C=O) groups is 1. The van der Waals surface area contributed by atoms with Crippen molar-refractivity contribution in [2.24, 2.45) is 0 Å². The lowest BCUT2D eigenvalue weighted by molar-refractivity contribution is 0.189. The number of benzene rings is 1. The van der Waals surface area contributed by atoms with Crippen molar-refractivity contribution in [1.29, 1.82) is 0 Å². The van der Waals surface area contributed by atoms with Crippen molar-refractivity contribution in [3.63, 3.8) is 0 Å². The molecule has 0 bridgehead atoms. The lowest BCUT2D eigenvalue weighted by atomic mass is 10.1. The first kappa shape index (κ1) is 14.4. The zero-order valence-electron chi connectivity index (χ0n) is 11.4. The number of aliphatic hydroxyl groups excluding tert-OH is 1. The molecule has 3 N–H and O–H groups in total. The highest BCUT2D eigenvalue weighted by Gasteiger charge is 2.17. The van der Waals surface area contributed by atoms with Crippen LogP contribution in [0.3, 0.4) is 0 Å². The van der Waals surface area contributed by atoms with E-state index in [4.69, 9.17) is 9.84 Å². The number of hydrogen-bond donors (Lipinski definition) is 3. The van der Waals surface area contributed by atoms with Gasteiger partial charge in [-0.1, -0.05) is 17.9 Å². The van der Waals surface area contributed by atoms with E-state index in [1.807, 2.05) is 19.1 Å². The molecule has 2 amide bonds. The summed E-state index contributed by atoms with van der Waals surface area (Å²) in [5.41, 5.74) is 2.42. The summed E-state index contributed by atoms with van der Waals surface area (Å²) in [4.78, 5) is 11.9. The lowest BCUT2D eigenvalue weighted by Gasteiger charge is -2.13. The van der Waals surface area contributed by atoms with Gasteiger partial charge in [-0.15, -0.1) is 0 Å². The Morgan fingerprint density at radius 1 is 1.55 bits per heavy atom. The standard InChI is InChI=1S/C15H18N2O3/c1-11-4-5-12(3-2-7-18)9-14(11)17-15(19)16-13-6-8-20-10-13/h4-5,9,13,18H,6-8,10H2,1H3,(H2,16,17,19). The maximum absolute atomic E-state index is 11.9. The third-order valence-corrected chi connectivity index (χ3v) is 3.06. The number of carbonyl (C=O) groups excluding carboxylic acids is 1. The first-order chi connectivity index (χ1) is 9.69. The summed E-state index contributed by atoms with van der Waals surface area (Å²) in [5.74, 6) is 5.40. The Morgan fingerprint density at radius 3 is 3.10 bits per heavy atom. The summed E-state index contributed by atoms with van der Waals surface area (Å²) < 4.78 is 5.21. The van der Waals surface area contributed by atoms with Crippen LogP contribution in [0.25, 0.3) is 0 Å². The predicted octanol–water partition coefficient (Wildman–Crippen LogP) is 1.25. The molecule has 1 aliphatic heterocycles. The number of ether oxygens (including phenoxy) is 1. The molecule has 5 nitrogen and oxygen atoms in total. The van der Waals surface area contributed by atoms with E-state index in [2.05, 4.69) is 22.5 Å². The van der Waals surface area contributed by atoms with Crippen LogP contribution in [0, 0.1) is 18.8 Å². The fourth-order valence-electron chi connectivity index (χ4n) is 1.97. The minimum absolute atomic E-state index is 0.0765. The van der Waals surface area contributed by atoms with Crippen molar-refractivity contribution in [1.82, 2.24) is 5.32 Å². The monoisotopic (exact) mass is 274 g/mol. The molecular weight excluding hydrogens is 256 g/mol. The van der Waals surface area contributed by atoms with E-state index in [1.54, 1.807) is 6.07 Å². The summed E-state index contributed by atoms with van der Waals surface area (Å²) >= 11 is 0. The highest BCUT2D eigenvalue weighted by molar-refractivity contribution is 5.90. The SMILES string of the molecule is Cc1ccc(C#CCO)cc1NC(=O)NC1CCOC1. The molecule has 1 fully saturated rings. The van der Waals surface area contributed by atoms with Gasteiger partial charge in [-0.3, -0.25) is 0 Å². The zero-order chi connectivity index (χ0) is 14.4. The van der Waals surface area contributed by atoms with Crippen LogP contribution in [0.2, 0.25) is 0 Å². The average Bonchev–Trinajstić information content (AvgIpc) is 2.92. The van der Waals surface area contributed by atoms with E-state index < -0.39 is 0 Å². The minimum Gasteiger partial charge on any atom is -0.384 e. The number of rotatable bonds is 2. The highest BCUT2D eigenvalue weighted by Crippen LogP contribution is 2.16. The number of anilines is 1. The Morgan fingerprint density at radius 2 is 2.40 bits per heavy atom. The molecule has 0 aromatic heterocycles. The van der Waals surface area contributed by atoms with E-state index in [0.717, 1.165) is 17.5 Å². The zero-order valence-corrected chi connectivity index (χ0v) is 11.4. The van der Waals surface area contributed by atoms with Gasteiger partial charge in [0.1, 0.15) is 6.61 Å². The molecule has 0 saturated carbocycles. The number of nitrogens with one attached hydrogen (secondary N) is 2. The molecule has 1 saturated heterocycles. The molecule has 1 atom stereocenters. The van der Waals surface area contributed by atoms with Gasteiger partial charge >= 0.3 is 6.03 Å². The first-order valence-corrected chi connectivity index (χ1v) is 6.54. The molecule has 2 rings (SSSR count). The minimum atomic E-state index is -0.240. The van der Waals surface area contributed by atoms with Gasteiger partial charge in [0.2, 0.25) is 0 Å². The van der Waals surface area contributed by atoms with E-state index in [1.165, 1.54) is 0 Å². The quantitative estimate of drug-likeness (QED) is 0.711. The first-order valence-electron chi connectivity index (χ1n) is 6.54. The summed E-state index contributed by atoms with van der Waals surface area (Å²) in [6.07, 6.45) is 0.842. The normalized spacial score (nSPS) is 17.2. The van der Waals surface area contributed by atoms with Crippen molar-refractivity contribution in [3.05, 3.63) is 29.3 Å². The summed E-state index contributed by atoms with van der Waals surface area (Å²) in [6.45, 7) is 2.99. The van der Waals surface area contributed by atoms with Crippen LogP contribution in [0.5, 0.6) is 0 Å². The van der Waals surface area contributed by atoms with Crippen LogP contribution in [-0.2, 0) is 4.74 Å². The van der Waals surface area contributed by atoms with Gasteiger partial charge in [-0.2, -0.15) is 0 Å². The molecule has 1 aromatic rings. The van der Waals surface area contributed by atoms with Crippen LogP contribution in [0.4, 0.5) is 10.5 Å². The van der Waals surface area contributed by atoms with Crippen LogP contribution < -0.4 is 10.6 Å². The second-order valence-corrected chi connectivity index (χ2v) is 4.65. The fourth-order valence-corrected chi connectivity index (χ4v) is 1.97. The van der Waals surface area contributed by atoms with Crippen LogP contribution in [0.15, 0.2) is 18.2 Å². The van der Waals surface area contributed by atoms with Crippen molar-refractivity contribution >= 4 is 11.7 Å². The Hall–Kier alpha value is -2.03. The van der Waals surface area contributed by atoms with Crippen molar-refractivity contribution in [3.8, 4) is 11.8 Å². The molecule has 1 aromatic carbocycles. The predicted molar refractivity (Wildman–Crippen MR) is 76.5 cm³/mol. The number of aliphatic hydroxyl groups is 1. The van der Waals surface area contributed by atoms with Crippen molar-refractivity contribution in [2.75, 3.05) is 25.1 Å². The maximum atomic E-state index is 11.9. The van der Waals surface area contributed by atoms with Crippen LogP contribution in [0.1, 0.15) is 17.5 Å². The van der Waals surface area contributed by atoms with Gasteiger partial charge in [-0.25, -0.2) is 4.79 Å². The van der Waals surface area contributed by atoms with E-state index in [9.17, 15) is 4.79 Å². The molecule has 106 valence electrons. The maximum Gasteiger partial charge on any atom is 0.319 e. The summed E-state index contributed by atoms with van der Waals surface area (Å²) in [5, 5.41) is 14.4. The van der Waals surface area contributed by atoms with E-state index in [-0.39, 0.29) is 18.7 Å². The fraction of sp³-hybridized carbons (Fsp3) is 0.400. The molecule has 0 spiro atoms. The number of aryl methyl sites for hydroxylation is 1. The summed E-state index contributed by atoms with van der Waals surface area (Å²) in [7, 11) is 0. The van der Waals surface area contributed by atoms with Gasteiger partial charge in [0.05, 0.1) is 12.6 Å². The summed E-state index contributed by atoms with van der Waals surface area (Å²) in [6, 6.07) is 5.37. The molecule has 0 radical (unpaired) electrons. The molecule has 1 heterocycles. The van der Waals surface area contributed by atoms with Gasteiger partial charge in [-0.05, 0) is 31.0 Å². The second-order valence-electron chi connectivity index (χ2n) is 4.65. The van der Waals surface area contributed by atoms with Crippen LogP contribution in [-0.4, -0.2) is 37.0 Å². The average molecular weight is 274 g/mol. The molecule has 1 unspecified atom stereocenters. The van der Waals surface area contributed by atoms with Gasteiger partial charge in [0.25, 0.3) is 0 Å². The third-order valence-electron chi connectivity index (χ3n) is 3.06. The Kier molecular flexibility index (Phi) is 4.99. The lowest BCUT2D eigenvalue weighted by Crippen LogP contribution is -2.38. The Bertz CT molecular complexity index is 540. The second kappa shape index (κ2) is 6.94. The molecule has 1 aliphatic rings. The number of hydrogen-bond acceptors (Lipinski definition) is 3. The van der Waals surface area contributed by atoms with Gasteiger partial charge in [0.15, 0.2) is 0 Å². The highest BCUT2D eigenvalue weighted by atomic mass is 16.5. The van der Waals surface area contributed by atoms with Gasteiger partial charge < -0.3 is 20.5 Å². The Labute approximate surface area is 118 Å². The molecule has 20 heavy (non-hydrogen) atoms. The number of amides is 2. The number of urea groups is 1. The van der Waals surface area contributed by atoms with E-state index in [0.29, 0.717) is 18.9 Å². The van der Waals surface area contributed by atoms with Gasteiger partial charge in [0, 0.05) is 17.9 Å². The molecule has 0 aliphatic carbocycles. The Balaban J connectivity index is 2.01. The van der Waals surface area contributed by atoms with Crippen LogP contribution >= 0.6 is 0 Å². The van der Waals surface area contributed by atoms with E-state index >= 15 is 0 Å². The topological polar surface area (TPSA) is 70.6 Å².